The second kappa shape index (κ2) is 5.19. The van der Waals surface area contributed by atoms with Crippen LogP contribution in [0.4, 0.5) is 0 Å². The topological polar surface area (TPSA) is 64.3 Å². The molecule has 0 aromatic heterocycles. The number of ether oxygens (including phenoxy) is 1. The van der Waals surface area contributed by atoms with Gasteiger partial charge in [0.25, 0.3) is 0 Å². The molecule has 0 saturated carbocycles. The number of amides is 1. The SMILES string of the molecule is CC1OCCC1NC(=O)CCCN. The van der Waals surface area contributed by atoms with E-state index >= 15 is 0 Å². The smallest absolute Gasteiger partial charge is 0.220 e. The van der Waals surface area contributed by atoms with Gasteiger partial charge in [-0.1, -0.05) is 0 Å². The first-order chi connectivity index (χ1) is 6.24. The van der Waals surface area contributed by atoms with Crippen LogP contribution in [0.5, 0.6) is 0 Å². The zero-order valence-corrected chi connectivity index (χ0v) is 8.08. The zero-order chi connectivity index (χ0) is 9.68. The lowest BCUT2D eigenvalue weighted by molar-refractivity contribution is -0.122. The highest BCUT2D eigenvalue weighted by Crippen LogP contribution is 2.12. The molecule has 13 heavy (non-hydrogen) atoms. The molecule has 76 valence electrons. The lowest BCUT2D eigenvalue weighted by Crippen LogP contribution is -2.39. The van der Waals surface area contributed by atoms with E-state index in [4.69, 9.17) is 10.5 Å². The summed E-state index contributed by atoms with van der Waals surface area (Å²) >= 11 is 0. The van der Waals surface area contributed by atoms with E-state index in [0.717, 1.165) is 19.4 Å². The molecular weight excluding hydrogens is 168 g/mol. The number of hydrogen-bond donors (Lipinski definition) is 2. The maximum Gasteiger partial charge on any atom is 0.220 e. The van der Waals surface area contributed by atoms with Crippen molar-refractivity contribution in [1.82, 2.24) is 5.32 Å². The van der Waals surface area contributed by atoms with Crippen molar-refractivity contribution < 1.29 is 9.53 Å². The van der Waals surface area contributed by atoms with Crippen LogP contribution in [0, 0.1) is 0 Å². The molecule has 2 atom stereocenters. The van der Waals surface area contributed by atoms with Gasteiger partial charge in [0, 0.05) is 13.0 Å². The lowest BCUT2D eigenvalue weighted by Gasteiger charge is -2.15. The first-order valence-electron chi connectivity index (χ1n) is 4.85. The Labute approximate surface area is 78.8 Å². The Hall–Kier alpha value is -0.610. The predicted molar refractivity (Wildman–Crippen MR) is 50.3 cm³/mol. The van der Waals surface area contributed by atoms with Crippen molar-refractivity contribution in [3.8, 4) is 0 Å². The zero-order valence-electron chi connectivity index (χ0n) is 8.08. The summed E-state index contributed by atoms with van der Waals surface area (Å²) in [5, 5.41) is 2.94. The number of rotatable bonds is 4. The van der Waals surface area contributed by atoms with Gasteiger partial charge >= 0.3 is 0 Å². The van der Waals surface area contributed by atoms with Crippen molar-refractivity contribution in [3.05, 3.63) is 0 Å². The average Bonchev–Trinajstić information content (AvgIpc) is 2.48. The van der Waals surface area contributed by atoms with E-state index in [2.05, 4.69) is 5.32 Å². The van der Waals surface area contributed by atoms with E-state index in [1.807, 2.05) is 6.92 Å². The molecule has 1 fully saturated rings. The maximum absolute atomic E-state index is 11.3. The van der Waals surface area contributed by atoms with Gasteiger partial charge in [0.15, 0.2) is 0 Å². The third-order valence-electron chi connectivity index (χ3n) is 2.33. The Kier molecular flexibility index (Phi) is 4.18. The van der Waals surface area contributed by atoms with E-state index in [1.165, 1.54) is 0 Å². The molecule has 1 aliphatic heterocycles. The van der Waals surface area contributed by atoms with Gasteiger partial charge in [-0.3, -0.25) is 4.79 Å². The Balaban J connectivity index is 2.19. The predicted octanol–water partition coefficient (Wildman–Crippen LogP) is 0.0189. The summed E-state index contributed by atoms with van der Waals surface area (Å²) in [6.45, 7) is 3.31. The molecule has 0 aliphatic carbocycles. The number of carbonyl (C=O) groups is 1. The first-order valence-corrected chi connectivity index (χ1v) is 4.85. The van der Waals surface area contributed by atoms with E-state index in [0.29, 0.717) is 13.0 Å². The largest absolute Gasteiger partial charge is 0.376 e. The molecule has 0 aromatic carbocycles. The monoisotopic (exact) mass is 186 g/mol. The van der Waals surface area contributed by atoms with E-state index < -0.39 is 0 Å². The molecule has 1 amide bonds. The van der Waals surface area contributed by atoms with Crippen molar-refractivity contribution in [2.24, 2.45) is 5.73 Å². The van der Waals surface area contributed by atoms with Crippen LogP contribution in [0.2, 0.25) is 0 Å². The molecule has 0 spiro atoms. The van der Waals surface area contributed by atoms with Gasteiger partial charge in [0.2, 0.25) is 5.91 Å². The summed E-state index contributed by atoms with van der Waals surface area (Å²) in [7, 11) is 0. The molecule has 0 radical (unpaired) electrons. The van der Waals surface area contributed by atoms with Gasteiger partial charge in [0.05, 0.1) is 12.1 Å². The average molecular weight is 186 g/mol. The molecule has 1 saturated heterocycles. The first kappa shape index (κ1) is 10.5. The van der Waals surface area contributed by atoms with Crippen LogP contribution in [-0.4, -0.2) is 31.2 Å². The normalized spacial score (nSPS) is 27.5. The van der Waals surface area contributed by atoms with Gasteiger partial charge in [-0.05, 0) is 26.3 Å². The fourth-order valence-electron chi connectivity index (χ4n) is 1.46. The van der Waals surface area contributed by atoms with Crippen LogP contribution >= 0.6 is 0 Å². The summed E-state index contributed by atoms with van der Waals surface area (Å²) in [4.78, 5) is 11.3. The Morgan fingerprint density at radius 2 is 2.46 bits per heavy atom. The minimum absolute atomic E-state index is 0.0906. The molecule has 0 aromatic rings. The molecule has 1 aliphatic rings. The second-order valence-electron chi connectivity index (χ2n) is 3.43. The van der Waals surface area contributed by atoms with Crippen LogP contribution in [0.1, 0.15) is 26.2 Å². The van der Waals surface area contributed by atoms with Crippen LogP contribution in [0.15, 0.2) is 0 Å². The fourth-order valence-corrected chi connectivity index (χ4v) is 1.46. The van der Waals surface area contributed by atoms with Gasteiger partial charge < -0.3 is 15.8 Å². The molecule has 1 heterocycles. The van der Waals surface area contributed by atoms with Gasteiger partial charge in [-0.2, -0.15) is 0 Å². The van der Waals surface area contributed by atoms with Crippen LogP contribution in [0.25, 0.3) is 0 Å². The van der Waals surface area contributed by atoms with Crippen LogP contribution in [0.3, 0.4) is 0 Å². The summed E-state index contributed by atoms with van der Waals surface area (Å²) in [5.74, 6) is 0.0906. The molecule has 1 rings (SSSR count). The standard InChI is InChI=1S/C9H18N2O2/c1-7-8(4-6-13-7)11-9(12)3-2-5-10/h7-8H,2-6,10H2,1H3,(H,11,12). The van der Waals surface area contributed by atoms with E-state index in [-0.39, 0.29) is 18.1 Å². The third-order valence-corrected chi connectivity index (χ3v) is 2.33. The number of nitrogens with two attached hydrogens (primary N) is 1. The molecule has 3 N–H and O–H groups in total. The highest BCUT2D eigenvalue weighted by Gasteiger charge is 2.25. The summed E-state index contributed by atoms with van der Waals surface area (Å²) in [6.07, 6.45) is 2.37. The summed E-state index contributed by atoms with van der Waals surface area (Å²) < 4.78 is 5.33. The van der Waals surface area contributed by atoms with Gasteiger partial charge in [0.1, 0.15) is 0 Å². The van der Waals surface area contributed by atoms with Crippen molar-refractivity contribution in [1.29, 1.82) is 0 Å². The third kappa shape index (κ3) is 3.32. The number of carbonyl (C=O) groups excluding carboxylic acids is 1. The van der Waals surface area contributed by atoms with E-state index in [9.17, 15) is 4.79 Å². The van der Waals surface area contributed by atoms with Gasteiger partial charge in [-0.25, -0.2) is 0 Å². The highest BCUT2D eigenvalue weighted by atomic mass is 16.5. The van der Waals surface area contributed by atoms with Crippen LogP contribution in [-0.2, 0) is 9.53 Å². The van der Waals surface area contributed by atoms with Crippen molar-refractivity contribution in [2.45, 2.75) is 38.3 Å². The minimum atomic E-state index is 0.0906. The molecule has 4 heteroatoms. The molecular formula is C9H18N2O2. The second-order valence-corrected chi connectivity index (χ2v) is 3.43. The van der Waals surface area contributed by atoms with Crippen LogP contribution < -0.4 is 11.1 Å². The number of hydrogen-bond acceptors (Lipinski definition) is 3. The van der Waals surface area contributed by atoms with E-state index in [1.54, 1.807) is 0 Å². The summed E-state index contributed by atoms with van der Waals surface area (Å²) in [6, 6.07) is 0.199. The summed E-state index contributed by atoms with van der Waals surface area (Å²) in [5.41, 5.74) is 5.31. The molecule has 2 unspecified atom stereocenters. The molecule has 0 bridgehead atoms. The fraction of sp³-hybridized carbons (Fsp3) is 0.889. The van der Waals surface area contributed by atoms with Crippen molar-refractivity contribution in [3.63, 3.8) is 0 Å². The highest BCUT2D eigenvalue weighted by molar-refractivity contribution is 5.76. The lowest BCUT2D eigenvalue weighted by atomic mass is 10.1. The minimum Gasteiger partial charge on any atom is -0.376 e. The van der Waals surface area contributed by atoms with Crippen molar-refractivity contribution in [2.75, 3.05) is 13.2 Å². The van der Waals surface area contributed by atoms with Crippen molar-refractivity contribution >= 4 is 5.91 Å². The number of nitrogens with one attached hydrogen (secondary N) is 1. The quantitative estimate of drug-likeness (QED) is 0.650. The Bertz CT molecular complexity index is 173. The molecule has 4 nitrogen and oxygen atoms in total. The van der Waals surface area contributed by atoms with Gasteiger partial charge in [-0.15, -0.1) is 0 Å². The maximum atomic E-state index is 11.3. The Morgan fingerprint density at radius 3 is 3.00 bits per heavy atom. The Morgan fingerprint density at radius 1 is 1.69 bits per heavy atom.